The van der Waals surface area contributed by atoms with Gasteiger partial charge < -0.3 is 20.3 Å². The quantitative estimate of drug-likeness (QED) is 0.607. The fourth-order valence-electron chi connectivity index (χ4n) is 1.85. The van der Waals surface area contributed by atoms with Gasteiger partial charge in [-0.1, -0.05) is 6.07 Å². The van der Waals surface area contributed by atoms with Crippen LogP contribution in [0.4, 0.5) is 5.69 Å². The van der Waals surface area contributed by atoms with E-state index >= 15 is 0 Å². The third-order valence-corrected chi connectivity index (χ3v) is 2.79. The summed E-state index contributed by atoms with van der Waals surface area (Å²) >= 11 is 0. The monoisotopic (exact) mass is 223 g/mol. The number of anilines is 1. The number of nitrogen functional groups attached to an aromatic ring is 1. The van der Waals surface area contributed by atoms with E-state index in [1.54, 1.807) is 12.1 Å². The highest BCUT2D eigenvalue weighted by Gasteiger charge is 2.22. The number of hydrogen-bond acceptors (Lipinski definition) is 4. The third kappa shape index (κ3) is 2.39. The largest absolute Gasteiger partial charge is 0.506 e. The summed E-state index contributed by atoms with van der Waals surface area (Å²) in [7, 11) is 0. The number of hydrogen-bond donors (Lipinski definition) is 2. The molecule has 88 valence electrons. The average molecular weight is 223 g/mol. The lowest BCUT2D eigenvalue weighted by molar-refractivity contribution is 0.0266. The molecule has 0 radical (unpaired) electrons. The zero-order valence-electron chi connectivity index (χ0n) is 9.35. The van der Waals surface area contributed by atoms with Gasteiger partial charge in [-0.3, -0.25) is 0 Å². The van der Waals surface area contributed by atoms with Crippen molar-refractivity contribution in [2.24, 2.45) is 0 Å². The zero-order chi connectivity index (χ0) is 11.5. The molecular weight excluding hydrogens is 206 g/mol. The first-order valence-electron chi connectivity index (χ1n) is 5.52. The van der Waals surface area contributed by atoms with Crippen molar-refractivity contribution >= 4 is 5.69 Å². The van der Waals surface area contributed by atoms with Crippen molar-refractivity contribution in [3.05, 3.63) is 18.2 Å². The fourth-order valence-corrected chi connectivity index (χ4v) is 1.85. The predicted octanol–water partition coefficient (Wildman–Crippen LogP) is 1.92. The van der Waals surface area contributed by atoms with Crippen LogP contribution in [-0.4, -0.2) is 23.9 Å². The van der Waals surface area contributed by atoms with Crippen molar-refractivity contribution < 1.29 is 14.6 Å². The highest BCUT2D eigenvalue weighted by atomic mass is 16.5. The van der Waals surface area contributed by atoms with Crippen molar-refractivity contribution in [3.63, 3.8) is 0 Å². The SMILES string of the molecule is CC1CCC(COc2cccc(O)c2N)O1. The normalized spacial score (nSPS) is 24.6. The lowest BCUT2D eigenvalue weighted by Crippen LogP contribution is -2.18. The molecule has 1 saturated heterocycles. The maximum absolute atomic E-state index is 9.40. The van der Waals surface area contributed by atoms with Gasteiger partial charge in [0.1, 0.15) is 23.8 Å². The minimum Gasteiger partial charge on any atom is -0.506 e. The zero-order valence-corrected chi connectivity index (χ0v) is 9.35. The predicted molar refractivity (Wildman–Crippen MR) is 61.6 cm³/mol. The average Bonchev–Trinajstić information content (AvgIpc) is 2.67. The van der Waals surface area contributed by atoms with Gasteiger partial charge in [-0.05, 0) is 31.9 Å². The van der Waals surface area contributed by atoms with E-state index in [1.165, 1.54) is 6.07 Å². The number of rotatable bonds is 3. The van der Waals surface area contributed by atoms with Crippen LogP contribution in [0.5, 0.6) is 11.5 Å². The third-order valence-electron chi connectivity index (χ3n) is 2.79. The topological polar surface area (TPSA) is 64.7 Å². The molecule has 2 atom stereocenters. The van der Waals surface area contributed by atoms with Gasteiger partial charge in [-0.2, -0.15) is 0 Å². The molecule has 4 heteroatoms. The molecule has 0 spiro atoms. The molecule has 4 nitrogen and oxygen atoms in total. The number of phenols is 1. The second kappa shape index (κ2) is 4.61. The van der Waals surface area contributed by atoms with Gasteiger partial charge in [-0.15, -0.1) is 0 Å². The molecule has 2 unspecified atom stereocenters. The van der Waals surface area contributed by atoms with Crippen LogP contribution < -0.4 is 10.5 Å². The molecular formula is C12H17NO3. The minimum absolute atomic E-state index is 0.0539. The van der Waals surface area contributed by atoms with Gasteiger partial charge in [0, 0.05) is 0 Å². The van der Waals surface area contributed by atoms with Crippen LogP contribution in [0.3, 0.4) is 0 Å². The van der Waals surface area contributed by atoms with Gasteiger partial charge in [0.25, 0.3) is 0 Å². The first-order chi connectivity index (χ1) is 7.66. The molecule has 3 N–H and O–H groups in total. The maximum atomic E-state index is 9.40. The van der Waals surface area contributed by atoms with Crippen LogP contribution in [0.25, 0.3) is 0 Å². The van der Waals surface area contributed by atoms with E-state index in [4.69, 9.17) is 15.2 Å². The van der Waals surface area contributed by atoms with E-state index in [9.17, 15) is 5.11 Å². The van der Waals surface area contributed by atoms with Crippen LogP contribution >= 0.6 is 0 Å². The van der Waals surface area contributed by atoms with E-state index in [0.29, 0.717) is 18.5 Å². The highest BCUT2D eigenvalue weighted by Crippen LogP contribution is 2.30. The molecule has 0 aromatic heterocycles. The molecule has 1 heterocycles. The Bertz CT molecular complexity index is 367. The lowest BCUT2D eigenvalue weighted by Gasteiger charge is -2.14. The van der Waals surface area contributed by atoms with E-state index in [0.717, 1.165) is 12.8 Å². The number of ether oxygens (including phenoxy) is 2. The van der Waals surface area contributed by atoms with Crippen molar-refractivity contribution in [1.29, 1.82) is 0 Å². The van der Waals surface area contributed by atoms with Gasteiger partial charge in [0.2, 0.25) is 0 Å². The molecule has 1 aliphatic rings. The van der Waals surface area contributed by atoms with Crippen LogP contribution in [0.15, 0.2) is 18.2 Å². The molecule has 0 amide bonds. The molecule has 0 saturated carbocycles. The van der Waals surface area contributed by atoms with E-state index in [-0.39, 0.29) is 17.5 Å². The first-order valence-corrected chi connectivity index (χ1v) is 5.52. The smallest absolute Gasteiger partial charge is 0.146 e. The minimum atomic E-state index is 0.0539. The number of para-hydroxylation sites is 1. The molecule has 1 aromatic carbocycles. The van der Waals surface area contributed by atoms with Crippen LogP contribution in [0, 0.1) is 0 Å². The van der Waals surface area contributed by atoms with Gasteiger partial charge in [0.15, 0.2) is 0 Å². The lowest BCUT2D eigenvalue weighted by atomic mass is 10.2. The van der Waals surface area contributed by atoms with E-state index in [1.807, 2.05) is 0 Å². The Morgan fingerprint density at radius 2 is 2.31 bits per heavy atom. The number of benzene rings is 1. The van der Waals surface area contributed by atoms with Crippen molar-refractivity contribution in [3.8, 4) is 11.5 Å². The molecule has 1 fully saturated rings. The fraction of sp³-hybridized carbons (Fsp3) is 0.500. The van der Waals surface area contributed by atoms with Crippen molar-refractivity contribution in [1.82, 2.24) is 0 Å². The molecule has 0 aliphatic carbocycles. The number of aromatic hydroxyl groups is 1. The van der Waals surface area contributed by atoms with Crippen molar-refractivity contribution in [2.75, 3.05) is 12.3 Å². The summed E-state index contributed by atoms with van der Waals surface area (Å²) in [6.07, 6.45) is 2.54. The summed E-state index contributed by atoms with van der Waals surface area (Å²) in [4.78, 5) is 0. The van der Waals surface area contributed by atoms with Gasteiger partial charge >= 0.3 is 0 Å². The molecule has 1 aliphatic heterocycles. The standard InChI is InChI=1S/C12H17NO3/c1-8-5-6-9(16-8)7-15-11-4-2-3-10(14)12(11)13/h2-4,8-9,14H,5-7,13H2,1H3. The second-order valence-corrected chi connectivity index (χ2v) is 4.15. The Labute approximate surface area is 95.0 Å². The Balaban J connectivity index is 1.92. The Morgan fingerprint density at radius 1 is 1.50 bits per heavy atom. The van der Waals surface area contributed by atoms with Crippen LogP contribution in [-0.2, 0) is 4.74 Å². The molecule has 1 aromatic rings. The van der Waals surface area contributed by atoms with E-state index < -0.39 is 0 Å². The summed E-state index contributed by atoms with van der Waals surface area (Å²) in [6, 6.07) is 4.99. The Morgan fingerprint density at radius 3 is 3.00 bits per heavy atom. The highest BCUT2D eigenvalue weighted by molar-refractivity contribution is 5.61. The van der Waals surface area contributed by atoms with Gasteiger partial charge in [-0.25, -0.2) is 0 Å². The second-order valence-electron chi connectivity index (χ2n) is 4.15. The van der Waals surface area contributed by atoms with Crippen LogP contribution in [0.2, 0.25) is 0 Å². The Hall–Kier alpha value is -1.42. The molecule has 0 bridgehead atoms. The number of nitrogens with two attached hydrogens (primary N) is 1. The van der Waals surface area contributed by atoms with Gasteiger partial charge in [0.05, 0.1) is 12.2 Å². The number of phenolic OH excluding ortho intramolecular Hbond substituents is 1. The summed E-state index contributed by atoms with van der Waals surface area (Å²) in [5.41, 5.74) is 5.96. The summed E-state index contributed by atoms with van der Waals surface area (Å²) in [6.45, 7) is 2.54. The summed E-state index contributed by atoms with van der Waals surface area (Å²) in [5, 5.41) is 9.40. The molecule has 16 heavy (non-hydrogen) atoms. The van der Waals surface area contributed by atoms with Crippen LogP contribution in [0.1, 0.15) is 19.8 Å². The summed E-state index contributed by atoms with van der Waals surface area (Å²) < 4.78 is 11.2. The first kappa shape index (κ1) is 11.1. The summed E-state index contributed by atoms with van der Waals surface area (Å²) in [5.74, 6) is 0.571. The maximum Gasteiger partial charge on any atom is 0.146 e. The van der Waals surface area contributed by atoms with Crippen molar-refractivity contribution in [2.45, 2.75) is 32.0 Å². The Kier molecular flexibility index (Phi) is 3.19. The van der Waals surface area contributed by atoms with E-state index in [2.05, 4.69) is 6.92 Å². The molecule has 2 rings (SSSR count).